The van der Waals surface area contributed by atoms with Gasteiger partial charge in [0, 0.05) is 12.6 Å². The van der Waals surface area contributed by atoms with Crippen molar-refractivity contribution in [1.29, 1.82) is 0 Å². The van der Waals surface area contributed by atoms with Crippen LogP contribution in [0.1, 0.15) is 28.9 Å². The molecule has 1 heterocycles. The maximum atomic E-state index is 13.2. The summed E-state index contributed by atoms with van der Waals surface area (Å²) >= 11 is 0. The normalized spacial score (nSPS) is 13.7. The Hall–Kier alpha value is -2.77. The molecule has 1 aromatic carbocycles. The first-order valence-corrected chi connectivity index (χ1v) is 7.70. The first kappa shape index (κ1) is 16.1. The van der Waals surface area contributed by atoms with Crippen LogP contribution in [-0.2, 0) is 17.8 Å². The van der Waals surface area contributed by atoms with Crippen LogP contribution < -0.4 is 0 Å². The first-order chi connectivity index (χ1) is 11.5. The van der Waals surface area contributed by atoms with Gasteiger partial charge in [0.15, 0.2) is 5.69 Å². The lowest BCUT2D eigenvalue weighted by Crippen LogP contribution is -2.37. The van der Waals surface area contributed by atoms with E-state index in [2.05, 4.69) is 10.3 Å². The summed E-state index contributed by atoms with van der Waals surface area (Å²) in [6, 6.07) is 6.53. The van der Waals surface area contributed by atoms with Crippen LogP contribution in [0.15, 0.2) is 30.5 Å². The Bertz CT molecular complexity index is 757. The quantitative estimate of drug-likeness (QED) is 0.827. The zero-order valence-corrected chi connectivity index (χ0v) is 12.9. The van der Waals surface area contributed by atoms with Crippen LogP contribution in [0, 0.1) is 5.82 Å². The minimum atomic E-state index is -1.18. The summed E-state index contributed by atoms with van der Waals surface area (Å²) in [6.07, 6.45) is 3.70. The van der Waals surface area contributed by atoms with E-state index < -0.39 is 5.97 Å². The van der Waals surface area contributed by atoms with Gasteiger partial charge in [-0.25, -0.2) is 13.9 Å². The van der Waals surface area contributed by atoms with Crippen molar-refractivity contribution >= 4 is 11.9 Å². The van der Waals surface area contributed by atoms with Gasteiger partial charge in [0.2, 0.25) is 5.91 Å². The Balaban J connectivity index is 1.62. The van der Waals surface area contributed by atoms with E-state index in [1.807, 2.05) is 6.07 Å². The molecule has 126 valence electrons. The van der Waals surface area contributed by atoms with E-state index in [1.165, 1.54) is 23.0 Å². The number of hydrogen-bond acceptors (Lipinski definition) is 4. The van der Waals surface area contributed by atoms with Gasteiger partial charge in [0.1, 0.15) is 12.4 Å². The molecule has 0 saturated heterocycles. The van der Waals surface area contributed by atoms with Gasteiger partial charge in [-0.3, -0.25) is 4.79 Å². The molecule has 1 N–H and O–H groups in total. The second-order valence-corrected chi connectivity index (χ2v) is 5.80. The van der Waals surface area contributed by atoms with Crippen molar-refractivity contribution < 1.29 is 19.1 Å². The standard InChI is InChI=1S/C16H17FN4O3/c17-12-3-1-2-11(8-12)6-7-21(13-4-5-13)15(22)10-20-9-14(16(23)24)18-19-20/h1-3,8-9,13H,4-7,10H2,(H,23,24). The van der Waals surface area contributed by atoms with E-state index in [0.717, 1.165) is 18.4 Å². The molecule has 2 aromatic rings. The van der Waals surface area contributed by atoms with Crippen LogP contribution in [0.3, 0.4) is 0 Å². The number of carbonyl (C=O) groups is 2. The largest absolute Gasteiger partial charge is 0.476 e. The molecule has 3 rings (SSSR count). The number of benzene rings is 1. The molecule has 1 fully saturated rings. The SMILES string of the molecule is O=C(O)c1cn(CC(=O)N(CCc2cccc(F)c2)C2CC2)nn1. The molecule has 0 radical (unpaired) electrons. The lowest BCUT2D eigenvalue weighted by molar-refractivity contribution is -0.132. The maximum Gasteiger partial charge on any atom is 0.358 e. The molecule has 1 saturated carbocycles. The topological polar surface area (TPSA) is 88.3 Å². The van der Waals surface area contributed by atoms with Crippen LogP contribution in [-0.4, -0.2) is 49.5 Å². The molecular weight excluding hydrogens is 315 g/mol. The predicted octanol–water partition coefficient (Wildman–Crippen LogP) is 1.35. The minimum absolute atomic E-state index is 0.0556. The Morgan fingerprint density at radius 2 is 2.17 bits per heavy atom. The van der Waals surface area contributed by atoms with E-state index in [0.29, 0.717) is 13.0 Å². The Morgan fingerprint density at radius 1 is 1.38 bits per heavy atom. The third-order valence-electron chi connectivity index (χ3n) is 3.89. The van der Waals surface area contributed by atoms with Crippen molar-refractivity contribution in [3.05, 3.63) is 47.5 Å². The number of nitrogens with zero attached hydrogens (tertiary/aromatic N) is 4. The molecule has 1 aliphatic carbocycles. The molecule has 0 aliphatic heterocycles. The van der Waals surface area contributed by atoms with Crippen molar-refractivity contribution in [3.63, 3.8) is 0 Å². The van der Waals surface area contributed by atoms with E-state index >= 15 is 0 Å². The highest BCUT2D eigenvalue weighted by Gasteiger charge is 2.32. The average Bonchev–Trinajstić information content (AvgIpc) is 3.25. The van der Waals surface area contributed by atoms with Crippen molar-refractivity contribution in [3.8, 4) is 0 Å². The lowest BCUT2D eigenvalue weighted by Gasteiger charge is -2.22. The molecule has 1 aromatic heterocycles. The number of aromatic nitrogens is 3. The average molecular weight is 332 g/mol. The summed E-state index contributed by atoms with van der Waals surface area (Å²) in [4.78, 5) is 25.0. The van der Waals surface area contributed by atoms with Gasteiger partial charge in [-0.2, -0.15) is 0 Å². The van der Waals surface area contributed by atoms with Gasteiger partial charge in [-0.05, 0) is 37.0 Å². The molecular formula is C16H17FN4O3. The minimum Gasteiger partial charge on any atom is -0.476 e. The van der Waals surface area contributed by atoms with E-state index in [4.69, 9.17) is 5.11 Å². The fourth-order valence-corrected chi connectivity index (χ4v) is 2.54. The molecule has 0 spiro atoms. The molecule has 0 unspecified atom stereocenters. The number of halogens is 1. The third-order valence-corrected chi connectivity index (χ3v) is 3.89. The highest BCUT2D eigenvalue weighted by Crippen LogP contribution is 2.27. The van der Waals surface area contributed by atoms with Crippen molar-refractivity contribution in [2.45, 2.75) is 31.8 Å². The number of hydrogen-bond donors (Lipinski definition) is 1. The zero-order chi connectivity index (χ0) is 17.1. The molecule has 1 amide bonds. The summed E-state index contributed by atoms with van der Waals surface area (Å²) in [5.74, 6) is -1.62. The summed E-state index contributed by atoms with van der Waals surface area (Å²) in [6.45, 7) is 0.438. The smallest absolute Gasteiger partial charge is 0.358 e. The van der Waals surface area contributed by atoms with E-state index in [-0.39, 0.29) is 30.0 Å². The molecule has 0 bridgehead atoms. The first-order valence-electron chi connectivity index (χ1n) is 7.70. The fourth-order valence-electron chi connectivity index (χ4n) is 2.54. The van der Waals surface area contributed by atoms with E-state index in [1.54, 1.807) is 11.0 Å². The second kappa shape index (κ2) is 6.77. The zero-order valence-electron chi connectivity index (χ0n) is 12.9. The summed E-state index contributed by atoms with van der Waals surface area (Å²) in [5.41, 5.74) is 0.642. The van der Waals surface area contributed by atoms with Gasteiger partial charge < -0.3 is 10.0 Å². The summed E-state index contributed by atoms with van der Waals surface area (Å²) < 4.78 is 14.5. The highest BCUT2D eigenvalue weighted by molar-refractivity contribution is 5.84. The highest BCUT2D eigenvalue weighted by atomic mass is 19.1. The van der Waals surface area contributed by atoms with Crippen molar-refractivity contribution in [1.82, 2.24) is 19.9 Å². The molecule has 24 heavy (non-hydrogen) atoms. The molecule has 7 nitrogen and oxygen atoms in total. The Morgan fingerprint density at radius 3 is 2.79 bits per heavy atom. The van der Waals surface area contributed by atoms with Crippen LogP contribution in [0.4, 0.5) is 4.39 Å². The van der Waals surface area contributed by atoms with Crippen LogP contribution in [0.5, 0.6) is 0 Å². The van der Waals surface area contributed by atoms with Crippen LogP contribution in [0.2, 0.25) is 0 Å². The van der Waals surface area contributed by atoms with Crippen LogP contribution >= 0.6 is 0 Å². The Kier molecular flexibility index (Phi) is 4.54. The second-order valence-electron chi connectivity index (χ2n) is 5.80. The lowest BCUT2D eigenvalue weighted by atomic mass is 10.1. The molecule has 0 atom stereocenters. The van der Waals surface area contributed by atoms with Gasteiger partial charge in [0.25, 0.3) is 0 Å². The summed E-state index contributed by atoms with van der Waals surface area (Å²) in [5, 5.41) is 16.0. The molecule has 1 aliphatic rings. The monoisotopic (exact) mass is 332 g/mol. The Labute approximate surface area is 137 Å². The number of carboxylic acids is 1. The fraction of sp³-hybridized carbons (Fsp3) is 0.375. The van der Waals surface area contributed by atoms with Crippen LogP contribution in [0.25, 0.3) is 0 Å². The predicted molar refractivity (Wildman–Crippen MR) is 81.8 cm³/mol. The number of amides is 1. The van der Waals surface area contributed by atoms with Gasteiger partial charge in [0.05, 0.1) is 6.20 Å². The van der Waals surface area contributed by atoms with Gasteiger partial charge in [-0.15, -0.1) is 5.10 Å². The van der Waals surface area contributed by atoms with Crippen molar-refractivity contribution in [2.75, 3.05) is 6.54 Å². The van der Waals surface area contributed by atoms with Crippen molar-refractivity contribution in [2.24, 2.45) is 0 Å². The van der Waals surface area contributed by atoms with Gasteiger partial charge in [-0.1, -0.05) is 17.3 Å². The number of aromatic carboxylic acids is 1. The maximum absolute atomic E-state index is 13.2. The molecule has 8 heteroatoms. The number of carboxylic acid groups (broad SMARTS) is 1. The van der Waals surface area contributed by atoms with E-state index in [9.17, 15) is 14.0 Å². The number of rotatable bonds is 7. The number of carbonyl (C=O) groups excluding carboxylic acids is 1. The summed E-state index contributed by atoms with van der Waals surface area (Å²) in [7, 11) is 0. The van der Waals surface area contributed by atoms with Gasteiger partial charge >= 0.3 is 5.97 Å². The third kappa shape index (κ3) is 3.95.